The molecule has 1 saturated heterocycles. The largest absolute Gasteiger partial charge is 0.335 e. The second-order valence-electron chi connectivity index (χ2n) is 10.4. The van der Waals surface area contributed by atoms with Crippen molar-refractivity contribution in [1.82, 2.24) is 30.4 Å². The van der Waals surface area contributed by atoms with Crippen molar-refractivity contribution in [2.24, 2.45) is 18.9 Å². The lowest BCUT2D eigenvalue weighted by atomic mass is 9.90. The second kappa shape index (κ2) is 12.3. The lowest BCUT2D eigenvalue weighted by Gasteiger charge is -2.35. The van der Waals surface area contributed by atoms with E-state index in [4.69, 9.17) is 0 Å². The summed E-state index contributed by atoms with van der Waals surface area (Å²) >= 11 is 0. The molecule has 8 nitrogen and oxygen atoms in total. The zero-order valence-corrected chi connectivity index (χ0v) is 22.2. The standard InChI is InChI=1S/C28H38FN7O/c1-5-21-14-24(27-32-33-34-35(27)4)16-26(15-21)31-28(37)30-20(3)19(2)17-36-12-6-7-23(18-36)13-22-8-10-25(29)11-9-22/h8-11,14-16,19-20,23H,5-7,12-13,17-18H2,1-4H3,(H2,30,31,37)/t19-,20+,23-/m0/s1. The molecule has 0 spiro atoms. The first kappa shape index (κ1) is 26.7. The Morgan fingerprint density at radius 3 is 2.65 bits per heavy atom. The van der Waals surface area contributed by atoms with Gasteiger partial charge in [-0.1, -0.05) is 26.0 Å². The summed E-state index contributed by atoms with van der Waals surface area (Å²) in [6.07, 6.45) is 4.17. The van der Waals surface area contributed by atoms with Crippen LogP contribution in [0.5, 0.6) is 0 Å². The SMILES string of the molecule is CCc1cc(NC(=O)N[C@H](C)[C@@H](C)CN2CCC[C@@H](Cc3ccc(F)cc3)C2)cc(-c2nnnn2C)c1. The fourth-order valence-electron chi connectivity index (χ4n) is 5.09. The molecule has 0 aliphatic carbocycles. The smallest absolute Gasteiger partial charge is 0.319 e. The van der Waals surface area contributed by atoms with Crippen molar-refractivity contribution in [2.45, 2.75) is 52.5 Å². The Labute approximate surface area is 218 Å². The highest BCUT2D eigenvalue weighted by molar-refractivity contribution is 5.90. The highest BCUT2D eigenvalue weighted by Gasteiger charge is 2.24. The van der Waals surface area contributed by atoms with Gasteiger partial charge in [0.15, 0.2) is 5.82 Å². The van der Waals surface area contributed by atoms with E-state index in [-0.39, 0.29) is 23.8 Å². The average Bonchev–Trinajstić information content (AvgIpc) is 3.31. The Kier molecular flexibility index (Phi) is 8.87. The predicted molar refractivity (Wildman–Crippen MR) is 144 cm³/mol. The first-order valence-electron chi connectivity index (χ1n) is 13.2. The number of piperidine rings is 1. The zero-order chi connectivity index (χ0) is 26.4. The number of hydrogen-bond acceptors (Lipinski definition) is 5. The van der Waals surface area contributed by atoms with Gasteiger partial charge in [0.25, 0.3) is 0 Å². The van der Waals surface area contributed by atoms with Gasteiger partial charge in [0.1, 0.15) is 5.82 Å². The molecule has 9 heteroatoms. The highest BCUT2D eigenvalue weighted by atomic mass is 19.1. The van der Waals surface area contributed by atoms with Crippen LogP contribution in [0.25, 0.3) is 11.4 Å². The number of tetrazole rings is 1. The van der Waals surface area contributed by atoms with Crippen LogP contribution in [0, 0.1) is 17.7 Å². The van der Waals surface area contributed by atoms with Crippen LogP contribution in [0.3, 0.4) is 0 Å². The minimum atomic E-state index is -0.220. The van der Waals surface area contributed by atoms with E-state index in [2.05, 4.69) is 51.8 Å². The number of carbonyl (C=O) groups excluding carboxylic acids is 1. The number of nitrogens with zero attached hydrogens (tertiary/aromatic N) is 5. The molecular formula is C28H38FN7O. The predicted octanol–water partition coefficient (Wildman–Crippen LogP) is 4.68. The van der Waals surface area contributed by atoms with E-state index >= 15 is 0 Å². The fourth-order valence-corrected chi connectivity index (χ4v) is 5.09. The number of halogens is 1. The van der Waals surface area contributed by atoms with Crippen LogP contribution in [-0.2, 0) is 19.9 Å². The van der Waals surface area contributed by atoms with Crippen LogP contribution in [0.2, 0.25) is 0 Å². The van der Waals surface area contributed by atoms with Crippen molar-refractivity contribution in [3.8, 4) is 11.4 Å². The summed E-state index contributed by atoms with van der Waals surface area (Å²) in [4.78, 5) is 15.4. The molecule has 1 aromatic heterocycles. The number of benzene rings is 2. The molecular weight excluding hydrogens is 469 g/mol. The van der Waals surface area contributed by atoms with E-state index in [1.165, 1.54) is 12.0 Å². The van der Waals surface area contributed by atoms with Crippen LogP contribution in [0.4, 0.5) is 14.9 Å². The van der Waals surface area contributed by atoms with Crippen LogP contribution in [0.1, 0.15) is 44.7 Å². The Balaban J connectivity index is 1.30. The molecule has 1 aliphatic rings. The molecule has 37 heavy (non-hydrogen) atoms. The van der Waals surface area contributed by atoms with Crippen LogP contribution in [-0.4, -0.2) is 56.8 Å². The van der Waals surface area contributed by atoms with E-state index in [9.17, 15) is 9.18 Å². The van der Waals surface area contributed by atoms with E-state index in [1.54, 1.807) is 23.9 Å². The van der Waals surface area contributed by atoms with Gasteiger partial charge in [0.05, 0.1) is 0 Å². The van der Waals surface area contributed by atoms with Gasteiger partial charge in [0, 0.05) is 37.4 Å². The molecule has 3 atom stereocenters. The summed E-state index contributed by atoms with van der Waals surface area (Å²) in [6.45, 7) is 9.36. The van der Waals surface area contributed by atoms with E-state index in [0.717, 1.165) is 55.7 Å². The monoisotopic (exact) mass is 507 g/mol. The third-order valence-electron chi connectivity index (χ3n) is 7.34. The first-order chi connectivity index (χ1) is 17.8. The maximum atomic E-state index is 13.2. The summed E-state index contributed by atoms with van der Waals surface area (Å²) in [5.41, 5.74) is 3.87. The molecule has 4 rings (SSSR count). The molecule has 0 saturated carbocycles. The molecule has 1 aliphatic heterocycles. The molecule has 2 N–H and O–H groups in total. The summed E-state index contributed by atoms with van der Waals surface area (Å²) in [6, 6.07) is 12.6. The average molecular weight is 508 g/mol. The number of aromatic nitrogens is 4. The zero-order valence-electron chi connectivity index (χ0n) is 22.2. The number of hydrogen-bond donors (Lipinski definition) is 2. The third-order valence-corrected chi connectivity index (χ3v) is 7.34. The molecule has 0 unspecified atom stereocenters. The molecule has 1 fully saturated rings. The number of rotatable bonds is 9. The summed E-state index contributed by atoms with van der Waals surface area (Å²) in [5.74, 6) is 1.33. The first-order valence-corrected chi connectivity index (χ1v) is 13.2. The molecule has 2 heterocycles. The lowest BCUT2D eigenvalue weighted by Crippen LogP contribution is -2.46. The molecule has 2 amide bonds. The fraction of sp³-hybridized carbons (Fsp3) is 0.500. The second-order valence-corrected chi connectivity index (χ2v) is 10.4. The lowest BCUT2D eigenvalue weighted by molar-refractivity contribution is 0.145. The number of nitrogens with one attached hydrogen (secondary N) is 2. The van der Waals surface area contributed by atoms with Gasteiger partial charge in [-0.15, -0.1) is 5.10 Å². The summed E-state index contributed by atoms with van der Waals surface area (Å²) in [7, 11) is 1.80. The quantitative estimate of drug-likeness (QED) is 0.439. The Hall–Kier alpha value is -3.33. The topological polar surface area (TPSA) is 88.0 Å². The van der Waals surface area contributed by atoms with Crippen LogP contribution < -0.4 is 10.6 Å². The van der Waals surface area contributed by atoms with Crippen molar-refractivity contribution in [2.75, 3.05) is 25.0 Å². The van der Waals surface area contributed by atoms with Crippen molar-refractivity contribution >= 4 is 11.7 Å². The Morgan fingerprint density at radius 1 is 1.16 bits per heavy atom. The van der Waals surface area contributed by atoms with Crippen LogP contribution >= 0.6 is 0 Å². The number of amides is 2. The third kappa shape index (κ3) is 7.35. The van der Waals surface area contributed by atoms with Crippen molar-refractivity contribution in [3.05, 3.63) is 59.4 Å². The number of anilines is 1. The molecule has 2 aromatic carbocycles. The van der Waals surface area contributed by atoms with Gasteiger partial charge in [-0.2, -0.15) is 0 Å². The van der Waals surface area contributed by atoms with Gasteiger partial charge in [-0.05, 0) is 103 Å². The normalized spacial score (nSPS) is 17.8. The van der Waals surface area contributed by atoms with Gasteiger partial charge >= 0.3 is 6.03 Å². The molecule has 0 bridgehead atoms. The minimum absolute atomic E-state index is 0.00856. The van der Waals surface area contributed by atoms with Crippen molar-refractivity contribution in [1.29, 1.82) is 0 Å². The molecule has 3 aromatic rings. The minimum Gasteiger partial charge on any atom is -0.335 e. The summed E-state index contributed by atoms with van der Waals surface area (Å²) < 4.78 is 14.9. The molecule has 198 valence electrons. The maximum Gasteiger partial charge on any atom is 0.319 e. The van der Waals surface area contributed by atoms with E-state index in [0.29, 0.717) is 11.7 Å². The Morgan fingerprint density at radius 2 is 1.95 bits per heavy atom. The van der Waals surface area contributed by atoms with Crippen LogP contribution in [0.15, 0.2) is 42.5 Å². The van der Waals surface area contributed by atoms with E-state index < -0.39 is 0 Å². The highest BCUT2D eigenvalue weighted by Crippen LogP contribution is 2.24. The van der Waals surface area contributed by atoms with Crippen molar-refractivity contribution < 1.29 is 9.18 Å². The van der Waals surface area contributed by atoms with Crippen molar-refractivity contribution in [3.63, 3.8) is 0 Å². The maximum absolute atomic E-state index is 13.2. The Bertz CT molecular complexity index is 1180. The van der Waals surface area contributed by atoms with E-state index in [1.807, 2.05) is 30.3 Å². The van der Waals surface area contributed by atoms with Gasteiger partial charge in [-0.3, -0.25) is 0 Å². The van der Waals surface area contributed by atoms with Gasteiger partial charge in [-0.25, -0.2) is 13.9 Å². The number of urea groups is 1. The number of likely N-dealkylation sites (tertiary alicyclic amines) is 1. The number of aryl methyl sites for hydroxylation is 2. The molecule has 0 radical (unpaired) electrons. The van der Waals surface area contributed by atoms with Gasteiger partial charge < -0.3 is 15.5 Å². The summed E-state index contributed by atoms with van der Waals surface area (Å²) in [5, 5.41) is 17.8. The number of carbonyl (C=O) groups is 1. The van der Waals surface area contributed by atoms with Gasteiger partial charge in [0.2, 0.25) is 0 Å².